The molecule has 0 aromatic heterocycles. The van der Waals surface area contributed by atoms with Crippen LogP contribution >= 0.6 is 0 Å². The number of unbranched alkanes of at least 4 members (excludes halogenated alkanes) is 1. The van der Waals surface area contributed by atoms with Crippen molar-refractivity contribution in [3.63, 3.8) is 0 Å². The summed E-state index contributed by atoms with van der Waals surface area (Å²) in [6, 6.07) is -0.553. The molecule has 16 heavy (non-hydrogen) atoms. The molecule has 1 atom stereocenters. The van der Waals surface area contributed by atoms with E-state index in [-0.39, 0.29) is 12.5 Å². The van der Waals surface area contributed by atoms with Crippen LogP contribution < -0.4 is 5.32 Å². The van der Waals surface area contributed by atoms with Crippen LogP contribution in [-0.4, -0.2) is 48.1 Å². The number of hydrogen-bond donors (Lipinski definition) is 2. The van der Waals surface area contributed by atoms with E-state index in [2.05, 4.69) is 5.32 Å². The highest BCUT2D eigenvalue weighted by atomic mass is 16.4. The number of hydrogen-bond acceptors (Lipinski definition) is 3. The van der Waals surface area contributed by atoms with E-state index in [1.807, 2.05) is 13.8 Å². The molecule has 0 saturated heterocycles. The van der Waals surface area contributed by atoms with Gasteiger partial charge >= 0.3 is 5.97 Å². The molecular weight excluding hydrogens is 208 g/mol. The van der Waals surface area contributed by atoms with Crippen molar-refractivity contribution in [3.8, 4) is 0 Å². The lowest BCUT2D eigenvalue weighted by Gasteiger charge is -2.26. The minimum Gasteiger partial charge on any atom is -0.480 e. The van der Waals surface area contributed by atoms with Crippen LogP contribution in [0.3, 0.4) is 0 Å². The molecule has 0 saturated carbocycles. The Kier molecular flexibility index (Phi) is 7.54. The Bertz CT molecular complexity index is 231. The summed E-state index contributed by atoms with van der Waals surface area (Å²) < 4.78 is 0. The molecule has 5 heteroatoms. The Morgan fingerprint density at radius 3 is 2.38 bits per heavy atom. The van der Waals surface area contributed by atoms with Gasteiger partial charge in [-0.2, -0.15) is 0 Å². The fourth-order valence-corrected chi connectivity index (χ4v) is 1.57. The van der Waals surface area contributed by atoms with Gasteiger partial charge in [0, 0.05) is 7.05 Å². The van der Waals surface area contributed by atoms with E-state index in [1.54, 1.807) is 11.9 Å². The SMILES string of the molecule is CCCCC(C(=O)O)N(CC)CC(=O)NC. The topological polar surface area (TPSA) is 69.6 Å². The van der Waals surface area contributed by atoms with Crippen LogP contribution in [0.2, 0.25) is 0 Å². The van der Waals surface area contributed by atoms with Gasteiger partial charge < -0.3 is 10.4 Å². The van der Waals surface area contributed by atoms with Crippen molar-refractivity contribution in [2.24, 2.45) is 0 Å². The molecule has 0 bridgehead atoms. The van der Waals surface area contributed by atoms with Crippen molar-refractivity contribution in [3.05, 3.63) is 0 Å². The van der Waals surface area contributed by atoms with Crippen LogP contribution in [0.4, 0.5) is 0 Å². The second kappa shape index (κ2) is 8.10. The smallest absolute Gasteiger partial charge is 0.320 e. The molecule has 0 aromatic carbocycles. The third-order valence-electron chi connectivity index (χ3n) is 2.59. The Labute approximate surface area is 96.8 Å². The highest BCUT2D eigenvalue weighted by molar-refractivity contribution is 5.79. The molecule has 94 valence electrons. The van der Waals surface area contributed by atoms with E-state index in [1.165, 1.54) is 0 Å². The molecule has 1 amide bonds. The molecule has 0 radical (unpaired) electrons. The van der Waals surface area contributed by atoms with Gasteiger partial charge in [-0.15, -0.1) is 0 Å². The number of rotatable bonds is 8. The maximum atomic E-state index is 11.2. The summed E-state index contributed by atoms with van der Waals surface area (Å²) in [6.45, 7) is 4.60. The van der Waals surface area contributed by atoms with E-state index < -0.39 is 12.0 Å². The standard InChI is InChI=1S/C11H22N2O3/c1-4-6-7-9(11(15)16)13(5-2)8-10(14)12-3/h9H,4-8H2,1-3H3,(H,12,14)(H,15,16). The molecule has 0 aliphatic heterocycles. The molecule has 0 rings (SSSR count). The number of aliphatic carboxylic acids is 1. The molecule has 5 nitrogen and oxygen atoms in total. The van der Waals surface area contributed by atoms with Gasteiger partial charge in [-0.25, -0.2) is 0 Å². The zero-order valence-electron chi connectivity index (χ0n) is 10.3. The van der Waals surface area contributed by atoms with E-state index in [0.717, 1.165) is 12.8 Å². The van der Waals surface area contributed by atoms with E-state index in [4.69, 9.17) is 5.11 Å². The molecule has 0 fully saturated rings. The van der Waals surface area contributed by atoms with E-state index in [9.17, 15) is 9.59 Å². The molecule has 2 N–H and O–H groups in total. The molecule has 0 aromatic rings. The Morgan fingerprint density at radius 1 is 1.38 bits per heavy atom. The first-order valence-corrected chi connectivity index (χ1v) is 5.74. The van der Waals surface area contributed by atoms with Crippen molar-refractivity contribution in [1.82, 2.24) is 10.2 Å². The van der Waals surface area contributed by atoms with Crippen LogP contribution in [0.5, 0.6) is 0 Å². The predicted octanol–water partition coefficient (Wildman–Crippen LogP) is 0.698. The minimum absolute atomic E-state index is 0.147. The van der Waals surface area contributed by atoms with Gasteiger partial charge in [-0.05, 0) is 13.0 Å². The molecule has 0 aliphatic carbocycles. The highest BCUT2D eigenvalue weighted by Gasteiger charge is 2.24. The maximum Gasteiger partial charge on any atom is 0.320 e. The van der Waals surface area contributed by atoms with E-state index in [0.29, 0.717) is 13.0 Å². The van der Waals surface area contributed by atoms with Gasteiger partial charge in [0.2, 0.25) is 5.91 Å². The Morgan fingerprint density at radius 2 is 2.00 bits per heavy atom. The third-order valence-corrected chi connectivity index (χ3v) is 2.59. The van der Waals surface area contributed by atoms with Crippen molar-refractivity contribution >= 4 is 11.9 Å². The molecule has 0 spiro atoms. The normalized spacial score (nSPS) is 12.5. The number of carbonyl (C=O) groups is 2. The first-order valence-electron chi connectivity index (χ1n) is 5.74. The van der Waals surface area contributed by atoms with Crippen molar-refractivity contribution < 1.29 is 14.7 Å². The second-order valence-electron chi connectivity index (χ2n) is 3.73. The summed E-state index contributed by atoms with van der Waals surface area (Å²) in [4.78, 5) is 24.0. The van der Waals surface area contributed by atoms with Crippen LogP contribution in [0.25, 0.3) is 0 Å². The van der Waals surface area contributed by atoms with Crippen molar-refractivity contribution in [2.45, 2.75) is 39.2 Å². The molecule has 0 aliphatic rings. The van der Waals surface area contributed by atoms with Gasteiger partial charge in [0.05, 0.1) is 6.54 Å². The molecular formula is C11H22N2O3. The number of nitrogens with zero attached hydrogens (tertiary/aromatic N) is 1. The van der Waals surface area contributed by atoms with Gasteiger partial charge in [0.25, 0.3) is 0 Å². The van der Waals surface area contributed by atoms with Crippen LogP contribution in [0.1, 0.15) is 33.1 Å². The molecule has 0 heterocycles. The van der Waals surface area contributed by atoms with Crippen LogP contribution in [0, 0.1) is 0 Å². The summed E-state index contributed by atoms with van der Waals surface area (Å²) in [5, 5.41) is 11.6. The summed E-state index contributed by atoms with van der Waals surface area (Å²) in [5.41, 5.74) is 0. The largest absolute Gasteiger partial charge is 0.480 e. The van der Waals surface area contributed by atoms with Gasteiger partial charge in [-0.1, -0.05) is 26.7 Å². The second-order valence-corrected chi connectivity index (χ2v) is 3.73. The number of amides is 1. The Balaban J connectivity index is 4.44. The first-order chi connectivity index (χ1) is 7.56. The zero-order chi connectivity index (χ0) is 12.6. The molecule has 1 unspecified atom stereocenters. The lowest BCUT2D eigenvalue weighted by atomic mass is 10.1. The summed E-state index contributed by atoms with van der Waals surface area (Å²) in [5.74, 6) is -0.996. The fourth-order valence-electron chi connectivity index (χ4n) is 1.57. The monoisotopic (exact) mass is 230 g/mol. The number of nitrogens with one attached hydrogen (secondary N) is 1. The van der Waals surface area contributed by atoms with Crippen LogP contribution in [0.15, 0.2) is 0 Å². The lowest BCUT2D eigenvalue weighted by Crippen LogP contribution is -2.46. The maximum absolute atomic E-state index is 11.2. The zero-order valence-corrected chi connectivity index (χ0v) is 10.3. The third kappa shape index (κ3) is 5.11. The highest BCUT2D eigenvalue weighted by Crippen LogP contribution is 2.09. The van der Waals surface area contributed by atoms with Crippen LogP contribution in [-0.2, 0) is 9.59 Å². The summed E-state index contributed by atoms with van der Waals surface area (Å²) in [7, 11) is 1.55. The average molecular weight is 230 g/mol. The van der Waals surface area contributed by atoms with Gasteiger partial charge in [0.1, 0.15) is 6.04 Å². The predicted molar refractivity (Wildman–Crippen MR) is 62.3 cm³/mol. The average Bonchev–Trinajstić information content (AvgIpc) is 2.27. The Hall–Kier alpha value is -1.10. The first kappa shape index (κ1) is 14.9. The van der Waals surface area contributed by atoms with Gasteiger partial charge in [-0.3, -0.25) is 14.5 Å². The van der Waals surface area contributed by atoms with Crippen molar-refractivity contribution in [2.75, 3.05) is 20.1 Å². The number of carboxylic acid groups (broad SMARTS) is 1. The number of carbonyl (C=O) groups excluding carboxylic acids is 1. The lowest BCUT2D eigenvalue weighted by molar-refractivity contribution is -0.144. The number of likely N-dealkylation sites (N-methyl/N-ethyl adjacent to an activating group) is 2. The number of carboxylic acids is 1. The minimum atomic E-state index is -0.848. The quantitative estimate of drug-likeness (QED) is 0.644. The summed E-state index contributed by atoms with van der Waals surface area (Å²) >= 11 is 0. The van der Waals surface area contributed by atoms with E-state index >= 15 is 0 Å². The summed E-state index contributed by atoms with van der Waals surface area (Å²) in [6.07, 6.45) is 2.42. The fraction of sp³-hybridized carbons (Fsp3) is 0.818. The van der Waals surface area contributed by atoms with Gasteiger partial charge in [0.15, 0.2) is 0 Å². The van der Waals surface area contributed by atoms with Crippen molar-refractivity contribution in [1.29, 1.82) is 0 Å².